The number of hydrogen-bond donors (Lipinski definition) is 2. The van der Waals surface area contributed by atoms with E-state index >= 15 is 0 Å². The predicted molar refractivity (Wildman–Crippen MR) is 107 cm³/mol. The van der Waals surface area contributed by atoms with E-state index in [1.807, 2.05) is 6.07 Å². The highest BCUT2D eigenvalue weighted by atomic mass is 32.2. The minimum atomic E-state index is -3.79. The Morgan fingerprint density at radius 2 is 1.93 bits per heavy atom. The number of carbonyl (C=O) groups excluding carboxylic acids is 1. The fourth-order valence-electron chi connectivity index (χ4n) is 3.74. The lowest BCUT2D eigenvalue weighted by Crippen LogP contribution is -2.57. The number of primary sulfonamides is 1. The van der Waals surface area contributed by atoms with Gasteiger partial charge in [-0.3, -0.25) is 4.79 Å². The van der Waals surface area contributed by atoms with Crippen LogP contribution in [-0.4, -0.2) is 44.9 Å². The zero-order valence-electron chi connectivity index (χ0n) is 14.6. The molecular weight excluding hydrogens is 402 g/mol. The molecule has 1 aromatic heterocycles. The molecule has 3 aliphatic heterocycles. The molecule has 27 heavy (non-hydrogen) atoms. The minimum absolute atomic E-state index is 0.0506. The van der Waals surface area contributed by atoms with Crippen molar-refractivity contribution in [2.45, 2.75) is 32.9 Å². The van der Waals surface area contributed by atoms with Crippen molar-refractivity contribution in [3.63, 3.8) is 0 Å². The van der Waals surface area contributed by atoms with Crippen LogP contribution >= 0.6 is 23.1 Å². The van der Waals surface area contributed by atoms with Gasteiger partial charge in [-0.2, -0.15) is 0 Å². The van der Waals surface area contributed by atoms with E-state index in [0.717, 1.165) is 36.7 Å². The molecule has 3 N–H and O–H groups in total. The standard InChI is InChI=1S/C18H21N3O3S3/c19-27(23,24)16-4-2-1-3-14(16)25-17-6-5-15(26-17)18(22)20-13-11-21-9-7-12(13)8-10-21/h1-6,12-13H,7-11H2,(H,20,22)(H2,19,23,24)/t13-/m0/s1. The maximum absolute atomic E-state index is 12.6. The van der Waals surface area contributed by atoms with E-state index in [2.05, 4.69) is 10.2 Å². The van der Waals surface area contributed by atoms with Gasteiger partial charge < -0.3 is 10.2 Å². The van der Waals surface area contributed by atoms with Gasteiger partial charge in [-0.1, -0.05) is 23.9 Å². The van der Waals surface area contributed by atoms with E-state index < -0.39 is 10.0 Å². The number of rotatable bonds is 5. The van der Waals surface area contributed by atoms with Crippen molar-refractivity contribution in [3.8, 4) is 0 Å². The van der Waals surface area contributed by atoms with Gasteiger partial charge in [0, 0.05) is 17.5 Å². The van der Waals surface area contributed by atoms with Crippen LogP contribution < -0.4 is 10.5 Å². The molecule has 6 nitrogen and oxygen atoms in total. The molecule has 3 aliphatic rings. The number of nitrogens with two attached hydrogens (primary N) is 1. The smallest absolute Gasteiger partial charge is 0.261 e. The maximum atomic E-state index is 12.6. The van der Waals surface area contributed by atoms with Gasteiger partial charge in [0.15, 0.2) is 0 Å². The van der Waals surface area contributed by atoms with Crippen molar-refractivity contribution in [1.82, 2.24) is 10.2 Å². The number of sulfonamides is 1. The van der Waals surface area contributed by atoms with Gasteiger partial charge in [-0.05, 0) is 56.1 Å². The van der Waals surface area contributed by atoms with Crippen molar-refractivity contribution in [2.75, 3.05) is 19.6 Å². The summed E-state index contributed by atoms with van der Waals surface area (Å²) in [5, 5.41) is 8.48. The van der Waals surface area contributed by atoms with Gasteiger partial charge >= 0.3 is 0 Å². The number of hydrogen-bond acceptors (Lipinski definition) is 6. The van der Waals surface area contributed by atoms with Gasteiger partial charge in [0.2, 0.25) is 10.0 Å². The first-order valence-corrected chi connectivity index (χ1v) is 12.0. The summed E-state index contributed by atoms with van der Waals surface area (Å²) in [4.78, 5) is 16.3. The van der Waals surface area contributed by atoms with E-state index in [-0.39, 0.29) is 16.8 Å². The Kier molecular flexibility index (Phi) is 5.30. The highest BCUT2D eigenvalue weighted by Gasteiger charge is 2.35. The van der Waals surface area contributed by atoms with Gasteiger partial charge in [0.25, 0.3) is 5.91 Å². The molecule has 0 aliphatic carbocycles. The lowest BCUT2D eigenvalue weighted by atomic mass is 9.84. The van der Waals surface area contributed by atoms with Crippen LogP contribution in [-0.2, 0) is 10.0 Å². The SMILES string of the molecule is NS(=O)(=O)c1ccccc1Sc1ccc(C(=O)N[C@H]2CN3CCC2CC3)s1. The van der Waals surface area contributed by atoms with Crippen molar-refractivity contribution < 1.29 is 13.2 Å². The number of carbonyl (C=O) groups is 1. The molecule has 5 rings (SSSR count). The highest BCUT2D eigenvalue weighted by molar-refractivity contribution is 8.01. The number of fused-ring (bicyclic) bond motifs is 3. The molecule has 1 aromatic carbocycles. The normalized spacial score (nSPS) is 24.7. The molecule has 0 radical (unpaired) electrons. The quantitative estimate of drug-likeness (QED) is 0.770. The monoisotopic (exact) mass is 423 g/mol. The zero-order chi connectivity index (χ0) is 19.0. The van der Waals surface area contributed by atoms with Crippen LogP contribution in [0.4, 0.5) is 0 Å². The van der Waals surface area contributed by atoms with E-state index in [1.165, 1.54) is 29.2 Å². The summed E-state index contributed by atoms with van der Waals surface area (Å²) in [5.41, 5.74) is 0. The summed E-state index contributed by atoms with van der Waals surface area (Å²) < 4.78 is 24.3. The maximum Gasteiger partial charge on any atom is 0.261 e. The first kappa shape index (κ1) is 18.9. The van der Waals surface area contributed by atoms with Crippen LogP contribution in [0, 0.1) is 5.92 Å². The number of benzene rings is 1. The third kappa shape index (κ3) is 4.22. The molecule has 2 bridgehead atoms. The number of thiophene rings is 1. The second kappa shape index (κ2) is 7.56. The molecule has 3 saturated heterocycles. The van der Waals surface area contributed by atoms with E-state index in [0.29, 0.717) is 15.7 Å². The van der Waals surface area contributed by atoms with Gasteiger partial charge in [-0.15, -0.1) is 11.3 Å². The van der Waals surface area contributed by atoms with Gasteiger partial charge in [0.1, 0.15) is 0 Å². The van der Waals surface area contributed by atoms with Crippen LogP contribution in [0.2, 0.25) is 0 Å². The van der Waals surface area contributed by atoms with E-state index in [4.69, 9.17) is 5.14 Å². The summed E-state index contributed by atoms with van der Waals surface area (Å²) in [6.45, 7) is 3.21. The first-order valence-electron chi connectivity index (χ1n) is 8.83. The minimum Gasteiger partial charge on any atom is -0.347 e. The summed E-state index contributed by atoms with van der Waals surface area (Å²) in [5.74, 6) is 0.528. The molecule has 144 valence electrons. The van der Waals surface area contributed by atoms with Crippen LogP contribution in [0.3, 0.4) is 0 Å². The zero-order valence-corrected chi connectivity index (χ0v) is 17.1. The number of nitrogens with one attached hydrogen (secondary N) is 1. The van der Waals surface area contributed by atoms with Crippen molar-refractivity contribution in [3.05, 3.63) is 41.3 Å². The Morgan fingerprint density at radius 1 is 1.19 bits per heavy atom. The molecule has 0 spiro atoms. The van der Waals surface area contributed by atoms with E-state index in [9.17, 15) is 13.2 Å². The lowest BCUT2D eigenvalue weighted by molar-refractivity contribution is 0.0622. The molecule has 1 amide bonds. The molecule has 2 aromatic rings. The second-order valence-corrected chi connectivity index (χ2v) is 10.9. The number of nitrogens with zero attached hydrogens (tertiary/aromatic N) is 1. The molecule has 9 heteroatoms. The lowest BCUT2D eigenvalue weighted by Gasteiger charge is -2.44. The average molecular weight is 424 g/mol. The molecule has 0 unspecified atom stereocenters. The van der Waals surface area contributed by atoms with Gasteiger partial charge in [-0.25, -0.2) is 13.6 Å². The third-order valence-corrected chi connectivity index (χ3v) is 8.53. The Balaban J connectivity index is 1.46. The Bertz CT molecular complexity index is 950. The number of amides is 1. The third-order valence-electron chi connectivity index (χ3n) is 5.14. The van der Waals surface area contributed by atoms with Crippen LogP contribution in [0.15, 0.2) is 50.4 Å². The molecule has 3 fully saturated rings. The predicted octanol–water partition coefficient (Wildman–Crippen LogP) is 2.37. The summed E-state index contributed by atoms with van der Waals surface area (Å²) in [7, 11) is -3.79. The second-order valence-electron chi connectivity index (χ2n) is 6.93. The summed E-state index contributed by atoms with van der Waals surface area (Å²) in [6, 6.07) is 10.5. The van der Waals surface area contributed by atoms with Gasteiger partial charge in [0.05, 0.1) is 14.0 Å². The Labute approximate surface area is 167 Å². The van der Waals surface area contributed by atoms with Crippen LogP contribution in [0.5, 0.6) is 0 Å². The molecule has 1 atom stereocenters. The number of piperidine rings is 3. The highest BCUT2D eigenvalue weighted by Crippen LogP contribution is 2.36. The largest absolute Gasteiger partial charge is 0.347 e. The molecule has 4 heterocycles. The fraction of sp³-hybridized carbons (Fsp3) is 0.389. The Morgan fingerprint density at radius 3 is 2.59 bits per heavy atom. The van der Waals surface area contributed by atoms with Crippen molar-refractivity contribution in [1.29, 1.82) is 0 Å². The van der Waals surface area contributed by atoms with Crippen molar-refractivity contribution >= 4 is 39.0 Å². The fourth-order valence-corrected chi connectivity index (χ4v) is 6.85. The van der Waals surface area contributed by atoms with Crippen LogP contribution in [0.25, 0.3) is 0 Å². The molecule has 0 saturated carbocycles. The summed E-state index contributed by atoms with van der Waals surface area (Å²) >= 11 is 2.67. The molecular formula is C18H21N3O3S3. The Hall–Kier alpha value is -1.39. The van der Waals surface area contributed by atoms with Crippen molar-refractivity contribution in [2.24, 2.45) is 11.1 Å². The van der Waals surface area contributed by atoms with Crippen LogP contribution in [0.1, 0.15) is 22.5 Å². The van der Waals surface area contributed by atoms with E-state index in [1.54, 1.807) is 24.3 Å². The summed E-state index contributed by atoms with van der Waals surface area (Å²) in [6.07, 6.45) is 2.31. The topological polar surface area (TPSA) is 92.5 Å². The first-order chi connectivity index (χ1) is 12.9. The average Bonchev–Trinajstić information content (AvgIpc) is 3.11.